The topological polar surface area (TPSA) is 49.4 Å². The van der Waals surface area contributed by atoms with Crippen LogP contribution >= 0.6 is 11.3 Å². The van der Waals surface area contributed by atoms with Gasteiger partial charge in [0.05, 0.1) is 6.54 Å². The lowest BCUT2D eigenvalue weighted by molar-refractivity contribution is 0.0983. The second kappa shape index (κ2) is 8.68. The fraction of sp³-hybridized carbons (Fsp3) is 0.143. The highest BCUT2D eigenvalue weighted by Crippen LogP contribution is 2.34. The van der Waals surface area contributed by atoms with Crippen molar-refractivity contribution in [1.82, 2.24) is 0 Å². The van der Waals surface area contributed by atoms with Gasteiger partial charge < -0.3 is 10.2 Å². The zero-order valence-electron chi connectivity index (χ0n) is 18.6. The van der Waals surface area contributed by atoms with E-state index in [0.717, 1.165) is 28.8 Å². The average Bonchev–Trinajstić information content (AvgIpc) is 3.18. The predicted molar refractivity (Wildman–Crippen MR) is 134 cm³/mol. The summed E-state index contributed by atoms with van der Waals surface area (Å²) in [5, 5.41) is 5.05. The van der Waals surface area contributed by atoms with Crippen molar-refractivity contribution in [3.8, 4) is 0 Å². The number of carbonyl (C=O) groups excluding carboxylic acids is 2. The Labute approximate surface area is 197 Å². The number of anilines is 2. The first-order valence-electron chi connectivity index (χ1n) is 10.9. The number of nitrogens with one attached hydrogen (secondary N) is 1. The van der Waals surface area contributed by atoms with Crippen LogP contribution in [0.25, 0.3) is 0 Å². The van der Waals surface area contributed by atoms with Gasteiger partial charge in [-0.25, -0.2) is 0 Å². The van der Waals surface area contributed by atoms with E-state index >= 15 is 0 Å². The van der Waals surface area contributed by atoms with Crippen LogP contribution in [0.2, 0.25) is 0 Å². The Morgan fingerprint density at radius 3 is 2.45 bits per heavy atom. The predicted octanol–water partition coefficient (Wildman–Crippen LogP) is 6.37. The zero-order chi connectivity index (χ0) is 22.9. The first-order valence-corrected chi connectivity index (χ1v) is 11.8. The van der Waals surface area contributed by atoms with Gasteiger partial charge in [-0.2, -0.15) is 0 Å². The maximum absolute atomic E-state index is 13.7. The van der Waals surface area contributed by atoms with Crippen molar-refractivity contribution in [1.29, 1.82) is 0 Å². The summed E-state index contributed by atoms with van der Waals surface area (Å²) in [5.74, 6) is -0.184. The van der Waals surface area contributed by atoms with Gasteiger partial charge in [0, 0.05) is 33.8 Å². The van der Waals surface area contributed by atoms with Crippen molar-refractivity contribution in [3.63, 3.8) is 0 Å². The Morgan fingerprint density at radius 2 is 1.64 bits per heavy atom. The molecule has 1 aromatic heterocycles. The van der Waals surface area contributed by atoms with Crippen LogP contribution in [-0.2, 0) is 13.0 Å². The van der Waals surface area contributed by atoms with E-state index in [1.54, 1.807) is 17.4 Å². The van der Waals surface area contributed by atoms with Crippen molar-refractivity contribution < 1.29 is 9.59 Å². The fourth-order valence-electron chi connectivity index (χ4n) is 4.35. The number of amides is 2. The van der Waals surface area contributed by atoms with Gasteiger partial charge in [-0.15, -0.1) is 11.3 Å². The standard InChI is InChI=1S/C28H24N2O2S/c1-18-7-3-5-9-23(18)27(31)29-22-11-12-24(19(2)15-22)28(32)30-17-26-21(13-14-33-26)16-20-8-4-6-10-25(20)30/h3-15H,16-17H2,1-2H3,(H,29,31). The second-order valence-corrected chi connectivity index (χ2v) is 9.37. The smallest absolute Gasteiger partial charge is 0.258 e. The molecule has 0 radical (unpaired) electrons. The van der Waals surface area contributed by atoms with Crippen molar-refractivity contribution in [2.45, 2.75) is 26.8 Å². The highest BCUT2D eigenvalue weighted by atomic mass is 32.1. The van der Waals surface area contributed by atoms with Gasteiger partial charge in [-0.3, -0.25) is 9.59 Å². The van der Waals surface area contributed by atoms with Crippen LogP contribution in [0.5, 0.6) is 0 Å². The third-order valence-electron chi connectivity index (χ3n) is 6.15. The van der Waals surface area contributed by atoms with Crippen LogP contribution in [0.1, 0.15) is 47.8 Å². The molecule has 0 aliphatic carbocycles. The lowest BCUT2D eigenvalue weighted by Crippen LogP contribution is -2.30. The maximum atomic E-state index is 13.7. The third-order valence-corrected chi connectivity index (χ3v) is 7.10. The average molecular weight is 453 g/mol. The minimum Gasteiger partial charge on any atom is -0.322 e. The van der Waals surface area contributed by atoms with E-state index in [4.69, 9.17) is 0 Å². The summed E-state index contributed by atoms with van der Waals surface area (Å²) in [5.41, 5.74) is 7.11. The van der Waals surface area contributed by atoms with Crippen molar-refractivity contribution >= 4 is 34.5 Å². The Hall–Kier alpha value is -3.70. The molecule has 0 saturated carbocycles. The number of para-hydroxylation sites is 1. The lowest BCUT2D eigenvalue weighted by Gasteiger charge is -2.24. The molecule has 3 aromatic carbocycles. The Balaban J connectivity index is 1.43. The number of aryl methyl sites for hydroxylation is 2. The molecule has 0 spiro atoms. The van der Waals surface area contributed by atoms with Crippen LogP contribution in [0.3, 0.4) is 0 Å². The summed E-state index contributed by atoms with van der Waals surface area (Å²) in [7, 11) is 0. The number of carbonyl (C=O) groups is 2. The minimum absolute atomic E-state index is 0.0296. The normalized spacial score (nSPS) is 12.5. The van der Waals surface area contributed by atoms with E-state index in [1.165, 1.54) is 10.4 Å². The number of nitrogens with zero attached hydrogens (tertiary/aromatic N) is 1. The highest BCUT2D eigenvalue weighted by molar-refractivity contribution is 7.10. The Kier molecular flexibility index (Phi) is 5.56. The monoisotopic (exact) mass is 452 g/mol. The number of thiophene rings is 1. The Morgan fingerprint density at radius 1 is 0.848 bits per heavy atom. The van der Waals surface area contributed by atoms with Gasteiger partial charge in [-0.05, 0) is 77.9 Å². The number of hydrogen-bond acceptors (Lipinski definition) is 3. The van der Waals surface area contributed by atoms with E-state index in [9.17, 15) is 9.59 Å². The quantitative estimate of drug-likeness (QED) is 0.393. The molecule has 5 heteroatoms. The summed E-state index contributed by atoms with van der Waals surface area (Å²) in [6, 6.07) is 23.3. The summed E-state index contributed by atoms with van der Waals surface area (Å²) in [6.45, 7) is 4.39. The molecule has 0 atom stereocenters. The first kappa shape index (κ1) is 21.2. The summed E-state index contributed by atoms with van der Waals surface area (Å²) in [6.07, 6.45) is 0.835. The molecule has 1 aliphatic heterocycles. The van der Waals surface area contributed by atoms with Crippen LogP contribution in [-0.4, -0.2) is 11.8 Å². The van der Waals surface area contributed by atoms with Crippen LogP contribution in [0.4, 0.5) is 11.4 Å². The van der Waals surface area contributed by atoms with Crippen LogP contribution in [0.15, 0.2) is 78.2 Å². The Bertz CT molecular complexity index is 1370. The molecular weight excluding hydrogens is 428 g/mol. The summed E-state index contributed by atoms with van der Waals surface area (Å²) in [4.78, 5) is 29.5. The van der Waals surface area contributed by atoms with Crippen molar-refractivity contribution in [3.05, 3.63) is 116 Å². The number of hydrogen-bond donors (Lipinski definition) is 1. The summed E-state index contributed by atoms with van der Waals surface area (Å²) >= 11 is 1.70. The lowest BCUT2D eigenvalue weighted by atomic mass is 10.0. The van der Waals surface area contributed by atoms with Crippen molar-refractivity contribution in [2.75, 3.05) is 10.2 Å². The zero-order valence-corrected chi connectivity index (χ0v) is 19.4. The van der Waals surface area contributed by atoms with E-state index in [0.29, 0.717) is 23.4 Å². The van der Waals surface area contributed by atoms with Gasteiger partial charge in [0.15, 0.2) is 0 Å². The van der Waals surface area contributed by atoms with Gasteiger partial charge in [0.1, 0.15) is 0 Å². The molecule has 1 aliphatic rings. The molecule has 0 saturated heterocycles. The minimum atomic E-state index is -0.154. The van der Waals surface area contributed by atoms with Crippen molar-refractivity contribution in [2.24, 2.45) is 0 Å². The molecule has 0 fully saturated rings. The highest BCUT2D eigenvalue weighted by Gasteiger charge is 2.26. The molecule has 33 heavy (non-hydrogen) atoms. The molecule has 5 rings (SSSR count). The third kappa shape index (κ3) is 4.08. The van der Waals surface area contributed by atoms with Gasteiger partial charge in [0.2, 0.25) is 0 Å². The number of rotatable bonds is 3. The van der Waals surface area contributed by atoms with E-state index in [-0.39, 0.29) is 11.8 Å². The van der Waals surface area contributed by atoms with Gasteiger partial charge in [-0.1, -0.05) is 36.4 Å². The molecule has 164 valence electrons. The van der Waals surface area contributed by atoms with E-state index < -0.39 is 0 Å². The molecule has 4 nitrogen and oxygen atoms in total. The van der Waals surface area contributed by atoms with E-state index in [2.05, 4.69) is 22.8 Å². The molecule has 1 N–H and O–H groups in total. The van der Waals surface area contributed by atoms with Gasteiger partial charge >= 0.3 is 0 Å². The van der Waals surface area contributed by atoms with Gasteiger partial charge in [0.25, 0.3) is 11.8 Å². The van der Waals surface area contributed by atoms with E-state index in [1.807, 2.05) is 73.3 Å². The first-order chi connectivity index (χ1) is 16.0. The largest absolute Gasteiger partial charge is 0.322 e. The fourth-order valence-corrected chi connectivity index (χ4v) is 5.25. The summed E-state index contributed by atoms with van der Waals surface area (Å²) < 4.78 is 0. The molecular formula is C28H24N2O2S. The molecule has 2 amide bonds. The molecule has 0 bridgehead atoms. The SMILES string of the molecule is Cc1ccccc1C(=O)Nc1ccc(C(=O)N2Cc3sccc3Cc3ccccc32)c(C)c1. The molecule has 0 unspecified atom stereocenters. The maximum Gasteiger partial charge on any atom is 0.258 e. The van der Waals surface area contributed by atoms with Crippen LogP contribution in [0, 0.1) is 13.8 Å². The molecule has 2 heterocycles. The van der Waals surface area contributed by atoms with Crippen LogP contribution < -0.4 is 10.2 Å². The second-order valence-electron chi connectivity index (χ2n) is 8.36. The molecule has 4 aromatic rings. The number of benzene rings is 3. The number of fused-ring (bicyclic) bond motifs is 2.